The van der Waals surface area contributed by atoms with E-state index in [2.05, 4.69) is 5.32 Å². The van der Waals surface area contributed by atoms with Crippen molar-refractivity contribution in [3.63, 3.8) is 0 Å². The average molecular weight is 330 g/mol. The highest BCUT2D eigenvalue weighted by Gasteiger charge is 2.18. The summed E-state index contributed by atoms with van der Waals surface area (Å²) in [6, 6.07) is 13.8. The van der Waals surface area contributed by atoms with Crippen LogP contribution in [0.1, 0.15) is 30.3 Å². The van der Waals surface area contributed by atoms with E-state index < -0.39 is 0 Å². The van der Waals surface area contributed by atoms with Gasteiger partial charge in [0.05, 0.1) is 12.5 Å². The molecule has 0 saturated carbocycles. The molecule has 0 fully saturated rings. The van der Waals surface area contributed by atoms with Crippen molar-refractivity contribution in [2.45, 2.75) is 26.3 Å². The molecule has 1 atom stereocenters. The third-order valence-electron chi connectivity index (χ3n) is 3.74. The van der Waals surface area contributed by atoms with E-state index in [0.717, 1.165) is 10.4 Å². The summed E-state index contributed by atoms with van der Waals surface area (Å²) in [7, 11) is 0. The van der Waals surface area contributed by atoms with Gasteiger partial charge >= 0.3 is 0 Å². The minimum absolute atomic E-state index is 0.00820. The molecule has 0 aliphatic rings. The Bertz CT molecular complexity index is 626. The number of nitrogens with one attached hydrogen (secondary N) is 1. The number of amides is 2. The van der Waals surface area contributed by atoms with Crippen molar-refractivity contribution in [3.05, 3.63) is 58.3 Å². The van der Waals surface area contributed by atoms with E-state index in [4.69, 9.17) is 0 Å². The highest BCUT2D eigenvalue weighted by Crippen LogP contribution is 2.19. The molecule has 0 aliphatic carbocycles. The molecule has 1 N–H and O–H groups in total. The zero-order chi connectivity index (χ0) is 16.7. The first-order valence-electron chi connectivity index (χ1n) is 7.69. The molecule has 23 heavy (non-hydrogen) atoms. The zero-order valence-electron chi connectivity index (χ0n) is 13.5. The normalized spacial score (nSPS) is 11.7. The van der Waals surface area contributed by atoms with Gasteiger partial charge in [0, 0.05) is 24.9 Å². The molecule has 5 heteroatoms. The van der Waals surface area contributed by atoms with Gasteiger partial charge in [-0.2, -0.15) is 0 Å². The van der Waals surface area contributed by atoms with Crippen LogP contribution in [0.15, 0.2) is 47.8 Å². The van der Waals surface area contributed by atoms with Crippen LogP contribution in [0.25, 0.3) is 0 Å². The summed E-state index contributed by atoms with van der Waals surface area (Å²) in [6.45, 7) is 4.53. The van der Waals surface area contributed by atoms with Crippen molar-refractivity contribution in [2.24, 2.45) is 0 Å². The van der Waals surface area contributed by atoms with Crippen molar-refractivity contribution in [1.29, 1.82) is 0 Å². The molecule has 0 spiro atoms. The lowest BCUT2D eigenvalue weighted by atomic mass is 10.1. The van der Waals surface area contributed by atoms with Crippen LogP contribution in [-0.4, -0.2) is 29.8 Å². The largest absolute Gasteiger partial charge is 0.354 e. The molecule has 1 aromatic heterocycles. The third-order valence-corrected chi connectivity index (χ3v) is 4.62. The highest BCUT2D eigenvalue weighted by atomic mass is 32.1. The first-order valence-corrected chi connectivity index (χ1v) is 8.57. The van der Waals surface area contributed by atoms with E-state index in [9.17, 15) is 9.59 Å². The lowest BCUT2D eigenvalue weighted by Gasteiger charge is -2.28. The van der Waals surface area contributed by atoms with Crippen molar-refractivity contribution in [1.82, 2.24) is 10.2 Å². The number of carbonyl (C=O) groups excluding carboxylic acids is 2. The second-order valence-electron chi connectivity index (χ2n) is 5.41. The predicted octanol–water partition coefficient (Wildman–Crippen LogP) is 3.02. The maximum absolute atomic E-state index is 11.9. The number of hydrogen-bond acceptors (Lipinski definition) is 3. The number of rotatable bonds is 7. The smallest absolute Gasteiger partial charge is 0.225 e. The van der Waals surface area contributed by atoms with E-state index >= 15 is 0 Å². The van der Waals surface area contributed by atoms with Crippen molar-refractivity contribution >= 4 is 23.2 Å². The second-order valence-corrected chi connectivity index (χ2v) is 6.44. The van der Waals surface area contributed by atoms with Gasteiger partial charge in [0.2, 0.25) is 11.8 Å². The number of carbonyl (C=O) groups is 2. The minimum atomic E-state index is -0.0112. The summed E-state index contributed by atoms with van der Waals surface area (Å²) < 4.78 is 0. The van der Waals surface area contributed by atoms with Crippen LogP contribution in [0.3, 0.4) is 0 Å². The monoisotopic (exact) mass is 330 g/mol. The van der Waals surface area contributed by atoms with Crippen LogP contribution in [-0.2, 0) is 16.0 Å². The van der Waals surface area contributed by atoms with E-state index in [-0.39, 0.29) is 17.9 Å². The summed E-state index contributed by atoms with van der Waals surface area (Å²) >= 11 is 1.57. The van der Waals surface area contributed by atoms with Gasteiger partial charge in [-0.1, -0.05) is 36.4 Å². The number of hydrogen-bond donors (Lipinski definition) is 1. The molecule has 4 nitrogen and oxygen atoms in total. The first kappa shape index (κ1) is 17.2. The standard InChI is InChI=1S/C18H22N2O2S/c1-14(16-7-4-3-5-8-16)20(15(2)21)11-10-19-18(22)13-17-9-6-12-23-17/h3-9,12,14H,10-11,13H2,1-2H3,(H,19,22). The lowest BCUT2D eigenvalue weighted by molar-refractivity contribution is -0.131. The van der Waals surface area contributed by atoms with Gasteiger partial charge in [-0.15, -0.1) is 11.3 Å². The second kappa shape index (κ2) is 8.48. The number of thiophene rings is 1. The molecule has 0 saturated heterocycles. The molecule has 0 aliphatic heterocycles. The summed E-state index contributed by atoms with van der Waals surface area (Å²) in [5, 5.41) is 4.85. The molecule has 0 bridgehead atoms. The van der Waals surface area contributed by atoms with Crippen LogP contribution >= 0.6 is 11.3 Å². The fourth-order valence-corrected chi connectivity index (χ4v) is 3.19. The van der Waals surface area contributed by atoms with Gasteiger partial charge in [-0.05, 0) is 23.9 Å². The molecular formula is C18H22N2O2S. The fourth-order valence-electron chi connectivity index (χ4n) is 2.48. The quantitative estimate of drug-likeness (QED) is 0.848. The molecule has 1 unspecified atom stereocenters. The third kappa shape index (κ3) is 5.21. The summed E-state index contributed by atoms with van der Waals surface area (Å²) in [5.41, 5.74) is 1.09. The Labute approximate surface area is 141 Å². The van der Waals surface area contributed by atoms with Crippen molar-refractivity contribution in [2.75, 3.05) is 13.1 Å². The molecular weight excluding hydrogens is 308 g/mol. The fraction of sp³-hybridized carbons (Fsp3) is 0.333. The topological polar surface area (TPSA) is 49.4 Å². The van der Waals surface area contributed by atoms with Crippen molar-refractivity contribution < 1.29 is 9.59 Å². The Morgan fingerprint density at radius 1 is 1.17 bits per heavy atom. The van der Waals surface area contributed by atoms with E-state index in [0.29, 0.717) is 19.5 Å². The maximum atomic E-state index is 11.9. The number of benzene rings is 1. The molecule has 1 heterocycles. The number of nitrogens with zero attached hydrogens (tertiary/aromatic N) is 1. The lowest BCUT2D eigenvalue weighted by Crippen LogP contribution is -2.39. The summed E-state index contributed by atoms with van der Waals surface area (Å²) in [5.74, 6) is -0.00262. The Hall–Kier alpha value is -2.14. The minimum Gasteiger partial charge on any atom is -0.354 e. The first-order chi connectivity index (χ1) is 11.1. The Morgan fingerprint density at radius 3 is 2.52 bits per heavy atom. The summed E-state index contributed by atoms with van der Waals surface area (Å²) in [4.78, 5) is 26.6. The van der Waals surface area contributed by atoms with Crippen LogP contribution in [0.5, 0.6) is 0 Å². The molecule has 0 radical (unpaired) electrons. The molecule has 2 aromatic rings. The Morgan fingerprint density at radius 2 is 1.91 bits per heavy atom. The Balaban J connectivity index is 1.85. The Kier molecular flexibility index (Phi) is 6.35. The van der Waals surface area contributed by atoms with Crippen LogP contribution in [0, 0.1) is 0 Å². The molecule has 2 amide bonds. The summed E-state index contributed by atoms with van der Waals surface area (Å²) in [6.07, 6.45) is 0.395. The van der Waals surface area contributed by atoms with Gasteiger partial charge in [0.1, 0.15) is 0 Å². The highest BCUT2D eigenvalue weighted by molar-refractivity contribution is 7.10. The SMILES string of the molecule is CC(=O)N(CCNC(=O)Cc1cccs1)C(C)c1ccccc1. The van der Waals surface area contributed by atoms with E-state index in [1.165, 1.54) is 0 Å². The predicted molar refractivity (Wildman–Crippen MR) is 93.3 cm³/mol. The van der Waals surface area contributed by atoms with E-state index in [1.807, 2.05) is 54.8 Å². The molecule has 122 valence electrons. The van der Waals surface area contributed by atoms with Gasteiger partial charge in [-0.25, -0.2) is 0 Å². The van der Waals surface area contributed by atoms with Crippen LogP contribution in [0.2, 0.25) is 0 Å². The van der Waals surface area contributed by atoms with Gasteiger partial charge in [0.15, 0.2) is 0 Å². The van der Waals surface area contributed by atoms with Gasteiger partial charge in [0.25, 0.3) is 0 Å². The zero-order valence-corrected chi connectivity index (χ0v) is 14.3. The van der Waals surface area contributed by atoms with Gasteiger partial charge < -0.3 is 10.2 Å². The van der Waals surface area contributed by atoms with Crippen molar-refractivity contribution in [3.8, 4) is 0 Å². The van der Waals surface area contributed by atoms with E-state index in [1.54, 1.807) is 23.2 Å². The maximum Gasteiger partial charge on any atom is 0.225 e. The molecule has 1 aromatic carbocycles. The average Bonchev–Trinajstić information content (AvgIpc) is 3.04. The van der Waals surface area contributed by atoms with Gasteiger partial charge in [-0.3, -0.25) is 9.59 Å². The van der Waals surface area contributed by atoms with Crippen LogP contribution in [0.4, 0.5) is 0 Å². The molecule has 2 rings (SSSR count). The van der Waals surface area contributed by atoms with Crippen LogP contribution < -0.4 is 5.32 Å².